The zero-order chi connectivity index (χ0) is 29.3. The minimum Gasteiger partial charge on any atom is -0.507 e. The standard InChI is InChI=1S/C29H37N3O8/c1-13-7-5-6-8-32(13)12-15-11-18(33)20-16(25(15)40-4)9-14-10-17-22(31(2)3)24(35)21(28(30)38)27(37)29(17,39)26(36)19(14)23(20)34/h11,13-14,17,19,21-22,33,39H,5-10,12H2,1-4H3,(H2,30,38)/t13-,14-,17-,19?,21?,22-,29-/m0/s1. The first kappa shape index (κ1) is 28.4. The number of rotatable bonds is 5. The molecular formula is C29H37N3O8. The number of likely N-dealkylation sites (tertiary alicyclic amines) is 1. The van der Waals surface area contributed by atoms with Crippen molar-refractivity contribution >= 4 is 29.0 Å². The molecule has 4 aliphatic rings. The minimum atomic E-state index is -2.74. The molecule has 3 fully saturated rings. The van der Waals surface area contributed by atoms with Gasteiger partial charge in [0.05, 0.1) is 24.6 Å². The number of methoxy groups -OCH3 is 1. The van der Waals surface area contributed by atoms with E-state index in [9.17, 15) is 34.2 Å². The van der Waals surface area contributed by atoms with Gasteiger partial charge in [-0.3, -0.25) is 33.8 Å². The molecule has 7 atom stereocenters. The van der Waals surface area contributed by atoms with Gasteiger partial charge in [-0.2, -0.15) is 0 Å². The second-order valence-corrected chi connectivity index (χ2v) is 12.0. The number of aromatic hydroxyl groups is 1. The highest BCUT2D eigenvalue weighted by Gasteiger charge is 2.69. The van der Waals surface area contributed by atoms with Gasteiger partial charge in [-0.25, -0.2) is 0 Å². The fourth-order valence-electron chi connectivity index (χ4n) is 7.70. The number of carbonyl (C=O) groups is 5. The summed E-state index contributed by atoms with van der Waals surface area (Å²) in [4.78, 5) is 70.3. The number of phenols is 1. The predicted octanol–water partition coefficient (Wildman–Crippen LogP) is 0.250. The number of phenolic OH excluding ortho intramolecular Hbond substituents is 1. The number of carbonyl (C=O) groups excluding carboxylic acids is 5. The highest BCUT2D eigenvalue weighted by atomic mass is 16.5. The molecule has 0 radical (unpaired) electrons. The van der Waals surface area contributed by atoms with Crippen LogP contribution in [0, 0.1) is 23.7 Å². The predicted molar refractivity (Wildman–Crippen MR) is 142 cm³/mol. The Morgan fingerprint density at radius 1 is 1.20 bits per heavy atom. The van der Waals surface area contributed by atoms with E-state index in [4.69, 9.17) is 10.5 Å². The quantitative estimate of drug-likeness (QED) is 0.429. The van der Waals surface area contributed by atoms with Gasteiger partial charge in [0, 0.05) is 29.6 Å². The number of primary amides is 1. The molecule has 0 spiro atoms. The van der Waals surface area contributed by atoms with E-state index in [1.807, 2.05) is 0 Å². The Morgan fingerprint density at radius 2 is 1.90 bits per heavy atom. The van der Waals surface area contributed by atoms with Crippen molar-refractivity contribution in [2.24, 2.45) is 29.4 Å². The topological polar surface area (TPSA) is 168 Å². The van der Waals surface area contributed by atoms with Crippen LogP contribution in [0.3, 0.4) is 0 Å². The first-order valence-corrected chi connectivity index (χ1v) is 13.8. The zero-order valence-electron chi connectivity index (χ0n) is 23.3. The lowest BCUT2D eigenvalue weighted by Gasteiger charge is -2.52. The Hall–Kier alpha value is -3.15. The van der Waals surface area contributed by atoms with E-state index < -0.39 is 64.4 Å². The number of amides is 1. The first-order chi connectivity index (χ1) is 18.8. The van der Waals surface area contributed by atoms with Crippen LogP contribution in [0.5, 0.6) is 11.5 Å². The number of Topliss-reactive ketones (excluding diaryl/α,β-unsaturated/α-hetero) is 4. The number of nitrogens with zero attached hydrogens (tertiary/aromatic N) is 2. The molecule has 5 rings (SSSR count). The maximum Gasteiger partial charge on any atom is 0.235 e. The lowest BCUT2D eigenvalue weighted by atomic mass is 9.52. The fraction of sp³-hybridized carbons (Fsp3) is 0.621. The van der Waals surface area contributed by atoms with E-state index in [0.29, 0.717) is 23.9 Å². The summed E-state index contributed by atoms with van der Waals surface area (Å²) in [6.07, 6.45) is 3.46. The van der Waals surface area contributed by atoms with Crippen molar-refractivity contribution in [3.05, 3.63) is 22.8 Å². The maximum absolute atomic E-state index is 13.9. The largest absolute Gasteiger partial charge is 0.507 e. The van der Waals surface area contributed by atoms with Crippen molar-refractivity contribution < 1.29 is 38.9 Å². The minimum absolute atomic E-state index is 0.00119. The molecule has 1 aliphatic heterocycles. The normalized spacial score (nSPS) is 34.4. The Kier molecular flexibility index (Phi) is 7.12. The summed E-state index contributed by atoms with van der Waals surface area (Å²) in [5, 5.41) is 22.7. The summed E-state index contributed by atoms with van der Waals surface area (Å²) in [7, 11) is 4.62. The number of ether oxygens (including phenoxy) is 1. The van der Waals surface area contributed by atoms with Gasteiger partial charge < -0.3 is 20.7 Å². The molecular weight excluding hydrogens is 518 g/mol. The van der Waals surface area contributed by atoms with Gasteiger partial charge in [-0.15, -0.1) is 0 Å². The Balaban J connectivity index is 1.59. The summed E-state index contributed by atoms with van der Waals surface area (Å²) in [5.41, 5.74) is 3.78. The third-order valence-corrected chi connectivity index (χ3v) is 9.61. The number of aliphatic hydroxyl groups is 1. The second kappa shape index (κ2) is 10.0. The third-order valence-electron chi connectivity index (χ3n) is 9.61. The van der Waals surface area contributed by atoms with Crippen LogP contribution >= 0.6 is 0 Å². The molecule has 1 heterocycles. The average molecular weight is 556 g/mol. The van der Waals surface area contributed by atoms with Crippen LogP contribution in [0.1, 0.15) is 54.1 Å². The number of benzene rings is 1. The summed E-state index contributed by atoms with van der Waals surface area (Å²) in [6, 6.07) is 0.714. The summed E-state index contributed by atoms with van der Waals surface area (Å²) in [5.74, 6) is -10.1. The van der Waals surface area contributed by atoms with Crippen LogP contribution in [-0.4, -0.2) is 94.5 Å². The number of ketones is 4. The van der Waals surface area contributed by atoms with Gasteiger partial charge in [-0.05, 0) is 65.2 Å². The van der Waals surface area contributed by atoms with Gasteiger partial charge >= 0.3 is 0 Å². The molecule has 1 aromatic carbocycles. The molecule has 2 saturated carbocycles. The van der Waals surface area contributed by atoms with Crippen molar-refractivity contribution in [3.8, 4) is 11.5 Å². The fourth-order valence-corrected chi connectivity index (χ4v) is 7.70. The SMILES string of the molecule is COc1c(CN2CCCC[C@@H]2C)cc(O)c2c1C[C@H]1C[C@H]3[C@H](N(C)C)C(=O)C(C(N)=O)C(=O)[C@@]3(O)C(=O)C1C2=O. The van der Waals surface area contributed by atoms with Gasteiger partial charge in [-0.1, -0.05) is 6.42 Å². The molecule has 3 aliphatic carbocycles. The van der Waals surface area contributed by atoms with E-state index >= 15 is 0 Å². The van der Waals surface area contributed by atoms with Crippen molar-refractivity contribution in [1.82, 2.24) is 9.80 Å². The lowest BCUT2D eigenvalue weighted by Crippen LogP contribution is -2.74. The number of fused-ring (bicyclic) bond motifs is 3. The van der Waals surface area contributed by atoms with Crippen molar-refractivity contribution in [1.29, 1.82) is 0 Å². The van der Waals surface area contributed by atoms with E-state index in [1.165, 1.54) is 18.1 Å². The maximum atomic E-state index is 13.9. The van der Waals surface area contributed by atoms with E-state index in [2.05, 4.69) is 11.8 Å². The molecule has 1 amide bonds. The molecule has 1 saturated heterocycles. The number of piperidine rings is 1. The van der Waals surface area contributed by atoms with E-state index in [0.717, 1.165) is 31.4 Å². The number of nitrogens with two attached hydrogens (primary N) is 1. The van der Waals surface area contributed by atoms with Crippen molar-refractivity contribution in [2.45, 2.75) is 63.3 Å². The molecule has 2 unspecified atom stereocenters. The molecule has 1 aromatic rings. The lowest BCUT2D eigenvalue weighted by molar-refractivity contribution is -0.181. The van der Waals surface area contributed by atoms with E-state index in [1.54, 1.807) is 14.1 Å². The molecule has 40 heavy (non-hydrogen) atoms. The van der Waals surface area contributed by atoms with Crippen LogP contribution in [0.4, 0.5) is 0 Å². The molecule has 4 N–H and O–H groups in total. The average Bonchev–Trinajstić information content (AvgIpc) is 2.87. The third kappa shape index (κ3) is 4.01. The number of hydrogen-bond donors (Lipinski definition) is 3. The monoisotopic (exact) mass is 555 g/mol. The summed E-state index contributed by atoms with van der Waals surface area (Å²) in [6.45, 7) is 3.58. The molecule has 11 nitrogen and oxygen atoms in total. The highest BCUT2D eigenvalue weighted by molar-refractivity contribution is 6.32. The first-order valence-electron chi connectivity index (χ1n) is 13.8. The van der Waals surface area contributed by atoms with Crippen LogP contribution in [0.25, 0.3) is 0 Å². The van der Waals surface area contributed by atoms with Crippen molar-refractivity contribution in [3.63, 3.8) is 0 Å². The van der Waals surface area contributed by atoms with Gasteiger partial charge in [0.15, 0.2) is 34.7 Å². The molecule has 0 aromatic heterocycles. The molecule has 0 bridgehead atoms. The van der Waals surface area contributed by atoms with Crippen LogP contribution in [0.15, 0.2) is 6.07 Å². The van der Waals surface area contributed by atoms with Gasteiger partial charge in [0.25, 0.3) is 0 Å². The molecule has 216 valence electrons. The van der Waals surface area contributed by atoms with E-state index in [-0.39, 0.29) is 24.2 Å². The Bertz CT molecular complexity index is 1310. The smallest absolute Gasteiger partial charge is 0.235 e. The van der Waals surface area contributed by atoms with Crippen LogP contribution in [-0.2, 0) is 32.1 Å². The van der Waals surface area contributed by atoms with Crippen molar-refractivity contribution in [2.75, 3.05) is 27.7 Å². The van der Waals surface area contributed by atoms with Crippen LogP contribution in [0.2, 0.25) is 0 Å². The Morgan fingerprint density at radius 3 is 2.50 bits per heavy atom. The second-order valence-electron chi connectivity index (χ2n) is 12.0. The van der Waals surface area contributed by atoms with Gasteiger partial charge in [0.2, 0.25) is 5.91 Å². The summed E-state index contributed by atoms with van der Waals surface area (Å²) >= 11 is 0. The highest BCUT2D eigenvalue weighted by Crippen LogP contribution is 2.52. The van der Waals surface area contributed by atoms with Gasteiger partial charge in [0.1, 0.15) is 11.5 Å². The summed E-state index contributed by atoms with van der Waals surface area (Å²) < 4.78 is 5.80. The van der Waals surface area contributed by atoms with Crippen LogP contribution < -0.4 is 10.5 Å². The number of hydrogen-bond acceptors (Lipinski definition) is 10. The Labute approximate surface area is 232 Å². The number of likely N-dealkylation sites (N-methyl/N-ethyl adjacent to an activating group) is 1. The molecule has 11 heteroatoms. The zero-order valence-corrected chi connectivity index (χ0v) is 23.3.